The summed E-state index contributed by atoms with van der Waals surface area (Å²) >= 11 is 1.37. The van der Waals surface area contributed by atoms with E-state index in [4.69, 9.17) is 9.47 Å². The average Bonchev–Trinajstić information content (AvgIpc) is 3.87. The van der Waals surface area contributed by atoms with Crippen molar-refractivity contribution in [3.8, 4) is 28.7 Å². The van der Waals surface area contributed by atoms with Gasteiger partial charge in [0.1, 0.15) is 28.1 Å². The van der Waals surface area contributed by atoms with E-state index in [0.29, 0.717) is 66.9 Å². The second-order valence-corrected chi connectivity index (χ2v) is 13.9. The minimum absolute atomic E-state index is 0.0176. The van der Waals surface area contributed by atoms with E-state index >= 15 is 0 Å². The first-order valence-corrected chi connectivity index (χ1v) is 17.9. The van der Waals surface area contributed by atoms with E-state index in [2.05, 4.69) is 16.0 Å². The highest BCUT2D eigenvalue weighted by Crippen LogP contribution is 2.38. The van der Waals surface area contributed by atoms with Crippen LogP contribution in [0.2, 0.25) is 0 Å². The van der Waals surface area contributed by atoms with Crippen LogP contribution in [0.4, 0.5) is 0 Å². The van der Waals surface area contributed by atoms with Gasteiger partial charge in [-0.15, -0.1) is 11.3 Å². The van der Waals surface area contributed by atoms with Gasteiger partial charge in [-0.05, 0) is 73.7 Å². The third kappa shape index (κ3) is 7.31. The molecule has 1 atom stereocenters. The van der Waals surface area contributed by atoms with E-state index < -0.39 is 0 Å². The standard InChI is InChI=1S/C39H42N6O5S/c1-25-26(2)37(46)42(3)23-31(25)29-19-34(49-4)32(35(20-29)50-5)24-43-13-15-44(16-14-43)38(47)28-9-6-8-27(18-28)33-10-7-12-45(33)39(48)30(22-40)21-36-41-11-17-51-36/h6,8-9,11,17-21,23,33H,7,10,12-16,24H2,1-5H3/b30-21-. The van der Waals surface area contributed by atoms with Crippen LogP contribution in [0.3, 0.4) is 0 Å². The first kappa shape index (κ1) is 35.6. The van der Waals surface area contributed by atoms with Gasteiger partial charge in [-0.2, -0.15) is 5.26 Å². The third-order valence-electron chi connectivity index (χ3n) is 9.99. The van der Waals surface area contributed by atoms with E-state index in [1.54, 1.807) is 48.4 Å². The normalized spacial score (nSPS) is 16.6. The quantitative estimate of drug-likeness (QED) is 0.168. The van der Waals surface area contributed by atoms with Crippen LogP contribution >= 0.6 is 11.3 Å². The number of likely N-dealkylation sites (tertiary alicyclic amines) is 1. The molecule has 0 saturated carbocycles. The van der Waals surface area contributed by atoms with Crippen LogP contribution in [0.5, 0.6) is 11.5 Å². The molecule has 0 spiro atoms. The number of hydrogen-bond acceptors (Lipinski definition) is 9. The number of hydrogen-bond donors (Lipinski definition) is 0. The number of amides is 2. The van der Waals surface area contributed by atoms with Crippen LogP contribution in [-0.4, -0.2) is 83.0 Å². The maximum atomic E-state index is 13.8. The fourth-order valence-electron chi connectivity index (χ4n) is 7.04. The van der Waals surface area contributed by atoms with Crippen molar-refractivity contribution in [1.82, 2.24) is 24.3 Å². The molecule has 0 N–H and O–H groups in total. The van der Waals surface area contributed by atoms with Gasteiger partial charge in [0, 0.05) is 80.8 Å². The van der Waals surface area contributed by atoms with Gasteiger partial charge in [-0.3, -0.25) is 19.3 Å². The Balaban J connectivity index is 1.13. The number of aromatic nitrogens is 2. The molecule has 2 aliphatic rings. The lowest BCUT2D eigenvalue weighted by Gasteiger charge is -2.35. The maximum Gasteiger partial charge on any atom is 0.265 e. The van der Waals surface area contributed by atoms with Crippen molar-refractivity contribution in [2.24, 2.45) is 7.05 Å². The molecule has 4 aromatic rings. The maximum absolute atomic E-state index is 13.8. The summed E-state index contributed by atoms with van der Waals surface area (Å²) < 4.78 is 13.3. The third-order valence-corrected chi connectivity index (χ3v) is 10.7. The van der Waals surface area contributed by atoms with Crippen molar-refractivity contribution in [3.05, 3.63) is 103 Å². The molecule has 2 amide bonds. The summed E-state index contributed by atoms with van der Waals surface area (Å²) in [6.45, 7) is 7.39. The van der Waals surface area contributed by atoms with Crippen molar-refractivity contribution in [2.45, 2.75) is 39.3 Å². The first-order valence-electron chi connectivity index (χ1n) is 17.0. The topological polar surface area (TPSA) is 121 Å². The molecular formula is C39H42N6O5S. The number of carbonyl (C=O) groups excluding carboxylic acids is 2. The summed E-state index contributed by atoms with van der Waals surface area (Å²) in [6, 6.07) is 13.4. The number of carbonyl (C=O) groups is 2. The Kier molecular flexibility index (Phi) is 10.7. The van der Waals surface area contributed by atoms with Gasteiger partial charge in [-0.25, -0.2) is 4.98 Å². The number of rotatable bonds is 9. The molecule has 264 valence electrons. The lowest BCUT2D eigenvalue weighted by Crippen LogP contribution is -2.48. The van der Waals surface area contributed by atoms with E-state index in [0.717, 1.165) is 40.7 Å². The van der Waals surface area contributed by atoms with Gasteiger partial charge in [-0.1, -0.05) is 12.1 Å². The minimum Gasteiger partial charge on any atom is -0.496 e. The number of aryl methyl sites for hydroxylation is 1. The van der Waals surface area contributed by atoms with Crippen molar-refractivity contribution in [3.63, 3.8) is 0 Å². The number of pyridine rings is 1. The predicted octanol–water partition coefficient (Wildman–Crippen LogP) is 5.37. The number of thiazole rings is 1. The van der Waals surface area contributed by atoms with Gasteiger partial charge >= 0.3 is 0 Å². The lowest BCUT2D eigenvalue weighted by atomic mass is 9.97. The highest BCUT2D eigenvalue weighted by atomic mass is 32.1. The monoisotopic (exact) mass is 706 g/mol. The Labute approximate surface area is 302 Å². The number of piperazine rings is 1. The molecule has 2 aromatic heterocycles. The average molecular weight is 707 g/mol. The zero-order valence-corrected chi connectivity index (χ0v) is 30.5. The van der Waals surface area contributed by atoms with Crippen molar-refractivity contribution in [2.75, 3.05) is 46.9 Å². The molecule has 2 aromatic carbocycles. The molecule has 6 rings (SSSR count). The van der Waals surface area contributed by atoms with Crippen LogP contribution in [-0.2, 0) is 18.4 Å². The highest BCUT2D eigenvalue weighted by molar-refractivity contribution is 7.10. The summed E-state index contributed by atoms with van der Waals surface area (Å²) in [5.74, 6) is 1.04. The SMILES string of the molecule is COc1cc(-c2cn(C)c(=O)c(C)c2C)cc(OC)c1CN1CCN(C(=O)c2cccc(C3CCCN3C(=O)/C(C#N)=C\c3nccs3)c2)CC1. The molecule has 0 aliphatic carbocycles. The molecule has 2 saturated heterocycles. The summed E-state index contributed by atoms with van der Waals surface area (Å²) in [6.07, 6.45) is 6.61. The largest absolute Gasteiger partial charge is 0.496 e. The molecule has 11 nitrogen and oxygen atoms in total. The molecule has 0 bridgehead atoms. The molecule has 4 heterocycles. The number of nitriles is 1. The van der Waals surface area contributed by atoms with Gasteiger partial charge in [0.25, 0.3) is 17.4 Å². The first-order chi connectivity index (χ1) is 24.6. The number of ether oxygens (including phenoxy) is 2. The zero-order chi connectivity index (χ0) is 36.2. The van der Waals surface area contributed by atoms with Crippen LogP contribution in [0.25, 0.3) is 17.2 Å². The number of nitrogens with zero attached hydrogens (tertiary/aromatic N) is 6. The molecule has 1 unspecified atom stereocenters. The van der Waals surface area contributed by atoms with E-state index in [9.17, 15) is 19.6 Å². The van der Waals surface area contributed by atoms with Gasteiger partial charge < -0.3 is 23.8 Å². The van der Waals surface area contributed by atoms with Crippen molar-refractivity contribution in [1.29, 1.82) is 5.26 Å². The van der Waals surface area contributed by atoms with E-state index in [1.165, 1.54) is 11.3 Å². The van der Waals surface area contributed by atoms with Crippen LogP contribution in [0, 0.1) is 25.2 Å². The minimum atomic E-state index is -0.317. The van der Waals surface area contributed by atoms with E-state index in [1.807, 2.05) is 61.3 Å². The zero-order valence-electron chi connectivity index (χ0n) is 29.6. The fourth-order valence-corrected chi connectivity index (χ4v) is 7.61. The van der Waals surface area contributed by atoms with Crippen molar-refractivity contribution >= 4 is 29.2 Å². The smallest absolute Gasteiger partial charge is 0.265 e. The Bertz CT molecular complexity index is 2050. The van der Waals surface area contributed by atoms with E-state index in [-0.39, 0.29) is 29.0 Å². The molecule has 12 heteroatoms. The highest BCUT2D eigenvalue weighted by Gasteiger charge is 2.33. The molecular weight excluding hydrogens is 665 g/mol. The fraction of sp³-hybridized carbons (Fsp3) is 0.359. The van der Waals surface area contributed by atoms with Crippen molar-refractivity contribution < 1.29 is 19.1 Å². The summed E-state index contributed by atoms with van der Waals surface area (Å²) in [5, 5.41) is 12.2. The van der Waals surface area contributed by atoms with Crippen LogP contribution < -0.4 is 15.0 Å². The summed E-state index contributed by atoms with van der Waals surface area (Å²) in [5.41, 5.74) is 5.91. The Morgan fingerprint density at radius 1 is 1.04 bits per heavy atom. The molecule has 0 radical (unpaired) electrons. The lowest BCUT2D eigenvalue weighted by molar-refractivity contribution is -0.127. The second-order valence-electron chi connectivity index (χ2n) is 13.0. The van der Waals surface area contributed by atoms with Crippen LogP contribution in [0.15, 0.2) is 64.5 Å². The second kappa shape index (κ2) is 15.3. The Morgan fingerprint density at radius 2 is 1.76 bits per heavy atom. The molecule has 2 fully saturated rings. The Morgan fingerprint density at radius 3 is 2.41 bits per heavy atom. The predicted molar refractivity (Wildman–Crippen MR) is 197 cm³/mol. The summed E-state index contributed by atoms with van der Waals surface area (Å²) in [7, 11) is 5.05. The van der Waals surface area contributed by atoms with Gasteiger partial charge in [0.05, 0.1) is 25.8 Å². The Hall–Kier alpha value is -5.25. The summed E-state index contributed by atoms with van der Waals surface area (Å²) in [4.78, 5) is 49.7. The van der Waals surface area contributed by atoms with Gasteiger partial charge in [0.15, 0.2) is 0 Å². The van der Waals surface area contributed by atoms with Crippen LogP contribution in [0.1, 0.15) is 56.5 Å². The van der Waals surface area contributed by atoms with Gasteiger partial charge in [0.2, 0.25) is 0 Å². The number of methoxy groups -OCH3 is 2. The number of benzene rings is 2. The molecule has 51 heavy (non-hydrogen) atoms. The molecule has 2 aliphatic heterocycles.